The number of anilines is 1. The fourth-order valence-electron chi connectivity index (χ4n) is 3.68. The minimum absolute atomic E-state index is 0.194. The van der Waals surface area contributed by atoms with Gasteiger partial charge in [-0.05, 0) is 30.9 Å². The van der Waals surface area contributed by atoms with Gasteiger partial charge in [-0.15, -0.1) is 0 Å². The van der Waals surface area contributed by atoms with E-state index in [0.717, 1.165) is 17.5 Å². The average molecular weight is 389 g/mol. The molecule has 0 aliphatic carbocycles. The molecule has 6 nitrogen and oxygen atoms in total. The summed E-state index contributed by atoms with van der Waals surface area (Å²) in [4.78, 5) is 34.3. The van der Waals surface area contributed by atoms with Gasteiger partial charge in [0.1, 0.15) is 11.6 Å². The molecule has 0 bridgehead atoms. The lowest BCUT2D eigenvalue weighted by Crippen LogP contribution is -2.42. The molecule has 0 radical (unpaired) electrons. The molecule has 0 fully saturated rings. The molecule has 6 heteroatoms. The molecule has 4 rings (SSSR count). The SMILES string of the molecule is CCc1ccccc1OC(C(=O)N1CCCc2c1nc[nH]c2=O)c1ccccc1. The van der Waals surface area contributed by atoms with Crippen LogP contribution in [-0.4, -0.2) is 22.4 Å². The summed E-state index contributed by atoms with van der Waals surface area (Å²) in [6.07, 6.45) is 2.64. The fraction of sp³-hybridized carbons (Fsp3) is 0.261. The highest BCUT2D eigenvalue weighted by atomic mass is 16.5. The molecule has 0 spiro atoms. The quantitative estimate of drug-likeness (QED) is 0.725. The van der Waals surface area contributed by atoms with Crippen LogP contribution in [0.25, 0.3) is 0 Å². The number of hydrogen-bond acceptors (Lipinski definition) is 4. The Balaban J connectivity index is 1.74. The van der Waals surface area contributed by atoms with Gasteiger partial charge >= 0.3 is 0 Å². The first-order valence-electron chi connectivity index (χ1n) is 9.86. The molecular weight excluding hydrogens is 366 g/mol. The Labute approximate surface area is 169 Å². The molecule has 1 atom stereocenters. The Morgan fingerprint density at radius 3 is 2.72 bits per heavy atom. The van der Waals surface area contributed by atoms with Crippen molar-refractivity contribution in [3.05, 3.63) is 88.0 Å². The Bertz CT molecular complexity index is 1060. The number of nitrogens with zero attached hydrogens (tertiary/aromatic N) is 2. The highest BCUT2D eigenvalue weighted by Crippen LogP contribution is 2.30. The summed E-state index contributed by atoms with van der Waals surface area (Å²) in [5.74, 6) is 0.896. The van der Waals surface area contributed by atoms with Crippen LogP contribution in [0.2, 0.25) is 0 Å². The number of carbonyl (C=O) groups is 1. The maximum atomic E-state index is 13.6. The molecule has 1 unspecified atom stereocenters. The molecule has 1 amide bonds. The van der Waals surface area contributed by atoms with Gasteiger partial charge in [0.2, 0.25) is 6.10 Å². The Morgan fingerprint density at radius 1 is 1.17 bits per heavy atom. The summed E-state index contributed by atoms with van der Waals surface area (Å²) < 4.78 is 6.28. The molecule has 1 aliphatic rings. The lowest BCUT2D eigenvalue weighted by Gasteiger charge is -2.31. The normalized spacial score (nSPS) is 14.2. The topological polar surface area (TPSA) is 75.3 Å². The first kappa shape index (κ1) is 18.9. The van der Waals surface area contributed by atoms with E-state index in [1.54, 1.807) is 4.90 Å². The van der Waals surface area contributed by atoms with E-state index in [4.69, 9.17) is 4.74 Å². The average Bonchev–Trinajstić information content (AvgIpc) is 2.78. The second kappa shape index (κ2) is 8.31. The molecular formula is C23H23N3O3. The van der Waals surface area contributed by atoms with Crippen LogP contribution in [0, 0.1) is 0 Å². The predicted octanol–water partition coefficient (Wildman–Crippen LogP) is 3.43. The van der Waals surface area contributed by atoms with Crippen LogP contribution in [0.1, 0.15) is 36.1 Å². The van der Waals surface area contributed by atoms with E-state index >= 15 is 0 Å². The summed E-state index contributed by atoms with van der Waals surface area (Å²) in [7, 11) is 0. The molecule has 0 saturated carbocycles. The number of carbonyl (C=O) groups excluding carboxylic acids is 1. The van der Waals surface area contributed by atoms with E-state index in [-0.39, 0.29) is 11.5 Å². The number of amides is 1. The maximum absolute atomic E-state index is 13.6. The van der Waals surface area contributed by atoms with Crippen LogP contribution in [0.15, 0.2) is 65.7 Å². The lowest BCUT2D eigenvalue weighted by molar-refractivity contribution is -0.125. The first-order valence-corrected chi connectivity index (χ1v) is 9.86. The molecule has 2 heterocycles. The van der Waals surface area contributed by atoms with Gasteiger partial charge in [0.25, 0.3) is 11.5 Å². The molecule has 0 saturated heterocycles. The van der Waals surface area contributed by atoms with Crippen molar-refractivity contribution in [2.75, 3.05) is 11.4 Å². The van der Waals surface area contributed by atoms with E-state index in [0.29, 0.717) is 36.5 Å². The number of benzene rings is 2. The van der Waals surface area contributed by atoms with E-state index in [1.165, 1.54) is 6.33 Å². The molecule has 148 valence electrons. The van der Waals surface area contributed by atoms with Gasteiger partial charge in [-0.2, -0.15) is 0 Å². The van der Waals surface area contributed by atoms with Crippen molar-refractivity contribution < 1.29 is 9.53 Å². The molecule has 1 N–H and O–H groups in total. The van der Waals surface area contributed by atoms with Gasteiger partial charge in [-0.25, -0.2) is 4.98 Å². The monoisotopic (exact) mass is 389 g/mol. The van der Waals surface area contributed by atoms with Crippen molar-refractivity contribution in [1.29, 1.82) is 0 Å². The third-order valence-electron chi connectivity index (χ3n) is 5.18. The second-order valence-corrected chi connectivity index (χ2v) is 7.00. The largest absolute Gasteiger partial charge is 0.476 e. The van der Waals surface area contributed by atoms with Gasteiger partial charge in [0, 0.05) is 12.1 Å². The summed E-state index contributed by atoms with van der Waals surface area (Å²) in [5.41, 5.74) is 2.16. The Hall–Kier alpha value is -3.41. The smallest absolute Gasteiger partial charge is 0.273 e. The standard InChI is InChI=1S/C23H23N3O3/c1-2-16-9-6-7-13-19(16)29-20(17-10-4-3-5-11-17)23(28)26-14-8-12-18-21(26)24-15-25-22(18)27/h3-7,9-11,13,15,20H,2,8,12,14H2,1H3,(H,24,25,27). The van der Waals surface area contributed by atoms with E-state index in [9.17, 15) is 9.59 Å². The number of hydrogen-bond donors (Lipinski definition) is 1. The van der Waals surface area contributed by atoms with Crippen LogP contribution >= 0.6 is 0 Å². The van der Waals surface area contributed by atoms with Crippen molar-refractivity contribution in [3.8, 4) is 5.75 Å². The number of rotatable bonds is 5. The zero-order chi connectivity index (χ0) is 20.2. The zero-order valence-corrected chi connectivity index (χ0v) is 16.3. The van der Waals surface area contributed by atoms with Gasteiger partial charge in [-0.3, -0.25) is 14.5 Å². The van der Waals surface area contributed by atoms with Crippen LogP contribution < -0.4 is 15.2 Å². The summed E-state index contributed by atoms with van der Waals surface area (Å²) in [6.45, 7) is 2.56. The summed E-state index contributed by atoms with van der Waals surface area (Å²) in [6, 6.07) is 17.2. The molecule has 1 aromatic heterocycles. The van der Waals surface area contributed by atoms with Crippen LogP contribution in [0.3, 0.4) is 0 Å². The highest BCUT2D eigenvalue weighted by Gasteiger charge is 2.33. The number of aromatic amines is 1. The zero-order valence-electron chi connectivity index (χ0n) is 16.3. The molecule has 29 heavy (non-hydrogen) atoms. The van der Waals surface area contributed by atoms with Gasteiger partial charge in [0.15, 0.2) is 0 Å². The van der Waals surface area contributed by atoms with Crippen LogP contribution in [-0.2, 0) is 17.6 Å². The molecule has 3 aromatic rings. The summed E-state index contributed by atoms with van der Waals surface area (Å²) >= 11 is 0. The van der Waals surface area contributed by atoms with E-state index in [2.05, 4.69) is 16.9 Å². The molecule has 2 aromatic carbocycles. The number of para-hydroxylation sites is 1. The Kier molecular flexibility index (Phi) is 5.42. The van der Waals surface area contributed by atoms with Crippen molar-refractivity contribution in [2.24, 2.45) is 0 Å². The number of ether oxygens (including phenoxy) is 1. The van der Waals surface area contributed by atoms with Crippen molar-refractivity contribution >= 4 is 11.7 Å². The van der Waals surface area contributed by atoms with Gasteiger partial charge in [-0.1, -0.05) is 55.5 Å². The number of aromatic nitrogens is 2. The van der Waals surface area contributed by atoms with Gasteiger partial charge < -0.3 is 9.72 Å². The molecule has 1 aliphatic heterocycles. The number of aryl methyl sites for hydroxylation is 1. The lowest BCUT2D eigenvalue weighted by atomic mass is 10.0. The van der Waals surface area contributed by atoms with E-state index in [1.807, 2.05) is 54.6 Å². The second-order valence-electron chi connectivity index (χ2n) is 7.00. The van der Waals surface area contributed by atoms with Gasteiger partial charge in [0.05, 0.1) is 11.9 Å². The third-order valence-corrected chi connectivity index (χ3v) is 5.18. The van der Waals surface area contributed by atoms with Crippen molar-refractivity contribution in [1.82, 2.24) is 9.97 Å². The highest BCUT2D eigenvalue weighted by molar-refractivity contribution is 5.97. The van der Waals surface area contributed by atoms with Crippen molar-refractivity contribution in [2.45, 2.75) is 32.3 Å². The number of fused-ring (bicyclic) bond motifs is 1. The third kappa shape index (κ3) is 3.78. The first-order chi connectivity index (χ1) is 14.2. The predicted molar refractivity (Wildman–Crippen MR) is 111 cm³/mol. The minimum Gasteiger partial charge on any atom is -0.476 e. The van der Waals surface area contributed by atoms with Crippen LogP contribution in [0.5, 0.6) is 5.75 Å². The van der Waals surface area contributed by atoms with Crippen LogP contribution in [0.4, 0.5) is 5.82 Å². The Morgan fingerprint density at radius 2 is 1.93 bits per heavy atom. The fourth-order valence-corrected chi connectivity index (χ4v) is 3.68. The van der Waals surface area contributed by atoms with E-state index < -0.39 is 6.10 Å². The number of H-pyrrole nitrogens is 1. The maximum Gasteiger partial charge on any atom is 0.273 e. The minimum atomic E-state index is -0.823. The summed E-state index contributed by atoms with van der Waals surface area (Å²) in [5, 5.41) is 0. The number of nitrogens with one attached hydrogen (secondary N) is 1. The van der Waals surface area contributed by atoms with Crippen molar-refractivity contribution in [3.63, 3.8) is 0 Å².